The molecule has 3 heteroatoms. The van der Waals surface area contributed by atoms with Crippen molar-refractivity contribution >= 4 is 6.21 Å². The molecule has 3 nitrogen and oxygen atoms in total. The molecule has 1 aromatic carbocycles. The van der Waals surface area contributed by atoms with Crippen LogP contribution in [0.25, 0.3) is 0 Å². The molecule has 0 bridgehead atoms. The van der Waals surface area contributed by atoms with E-state index in [0.717, 1.165) is 19.3 Å². The summed E-state index contributed by atoms with van der Waals surface area (Å²) in [5.74, 6) is 0. The Hall–Kier alpha value is -1.35. The van der Waals surface area contributed by atoms with Crippen LogP contribution in [0, 0.1) is 0 Å². The van der Waals surface area contributed by atoms with Gasteiger partial charge in [-0.15, -0.1) is 0 Å². The highest BCUT2D eigenvalue weighted by molar-refractivity contribution is 5.63. The molecule has 1 heterocycles. The number of hydrazone groups is 1. The molecule has 2 rings (SSSR count). The summed E-state index contributed by atoms with van der Waals surface area (Å²) in [5.41, 5.74) is 7.53. The number of hydrogen-bond donors (Lipinski definition) is 1. The van der Waals surface area contributed by atoms with E-state index in [4.69, 9.17) is 5.73 Å². The van der Waals surface area contributed by atoms with Gasteiger partial charge in [0, 0.05) is 25.7 Å². The molecule has 1 aliphatic rings. The third-order valence-corrected chi connectivity index (χ3v) is 3.72. The molecule has 0 spiro atoms. The van der Waals surface area contributed by atoms with Crippen molar-refractivity contribution in [2.75, 3.05) is 7.05 Å². The Morgan fingerprint density at radius 1 is 1.41 bits per heavy atom. The van der Waals surface area contributed by atoms with Crippen LogP contribution in [0.2, 0.25) is 0 Å². The molecule has 92 valence electrons. The lowest BCUT2D eigenvalue weighted by Crippen LogP contribution is -2.52. The Kier molecular flexibility index (Phi) is 3.48. The third kappa shape index (κ3) is 1.95. The van der Waals surface area contributed by atoms with E-state index in [1.54, 1.807) is 0 Å². The first-order valence-corrected chi connectivity index (χ1v) is 6.29. The molecule has 2 unspecified atom stereocenters. The van der Waals surface area contributed by atoms with Crippen molar-refractivity contribution in [2.24, 2.45) is 10.8 Å². The van der Waals surface area contributed by atoms with Crippen molar-refractivity contribution in [1.82, 2.24) is 5.01 Å². The predicted molar refractivity (Wildman–Crippen MR) is 71.9 cm³/mol. The summed E-state index contributed by atoms with van der Waals surface area (Å²) in [7, 11) is 2.02. The molecule has 1 aliphatic heterocycles. The van der Waals surface area contributed by atoms with Gasteiger partial charge in [-0.1, -0.05) is 43.7 Å². The van der Waals surface area contributed by atoms with E-state index in [0.29, 0.717) is 0 Å². The van der Waals surface area contributed by atoms with Gasteiger partial charge in [0.1, 0.15) is 5.54 Å². The summed E-state index contributed by atoms with van der Waals surface area (Å²) >= 11 is 0. The van der Waals surface area contributed by atoms with Gasteiger partial charge in [-0.3, -0.25) is 5.01 Å². The van der Waals surface area contributed by atoms with Crippen molar-refractivity contribution in [1.29, 1.82) is 0 Å². The second kappa shape index (κ2) is 4.88. The summed E-state index contributed by atoms with van der Waals surface area (Å²) in [6.45, 7) is 2.17. The minimum atomic E-state index is -0.155. The zero-order valence-electron chi connectivity index (χ0n) is 10.6. The number of nitrogens with two attached hydrogens (primary N) is 1. The van der Waals surface area contributed by atoms with E-state index < -0.39 is 0 Å². The largest absolute Gasteiger partial charge is 0.325 e. The highest BCUT2D eigenvalue weighted by Crippen LogP contribution is 2.38. The second-order valence-electron chi connectivity index (χ2n) is 4.71. The van der Waals surface area contributed by atoms with E-state index >= 15 is 0 Å². The number of likely N-dealkylation sites (N-methyl/N-ethyl adjacent to an activating group) is 1. The van der Waals surface area contributed by atoms with Gasteiger partial charge < -0.3 is 5.73 Å². The lowest BCUT2D eigenvalue weighted by Gasteiger charge is -2.41. The van der Waals surface area contributed by atoms with Crippen LogP contribution in [0.3, 0.4) is 0 Å². The fraction of sp³-hybridized carbons (Fsp3) is 0.500. The SMILES string of the molecule is CCCC(N)C1(c2ccccc2)CC=NN1C. The average Bonchev–Trinajstić information content (AvgIpc) is 2.73. The summed E-state index contributed by atoms with van der Waals surface area (Å²) in [4.78, 5) is 0. The van der Waals surface area contributed by atoms with Gasteiger partial charge in [-0.25, -0.2) is 0 Å². The van der Waals surface area contributed by atoms with Crippen LogP contribution >= 0.6 is 0 Å². The lowest BCUT2D eigenvalue weighted by molar-refractivity contribution is 0.113. The van der Waals surface area contributed by atoms with Gasteiger partial charge in [0.2, 0.25) is 0 Å². The second-order valence-corrected chi connectivity index (χ2v) is 4.71. The van der Waals surface area contributed by atoms with Crippen LogP contribution in [-0.4, -0.2) is 24.3 Å². The summed E-state index contributed by atoms with van der Waals surface area (Å²) in [5, 5.41) is 6.43. The average molecular weight is 231 g/mol. The van der Waals surface area contributed by atoms with Crippen LogP contribution in [0.15, 0.2) is 35.4 Å². The fourth-order valence-electron chi connectivity index (χ4n) is 2.72. The van der Waals surface area contributed by atoms with E-state index in [-0.39, 0.29) is 11.6 Å². The molecule has 0 amide bonds. The van der Waals surface area contributed by atoms with Gasteiger partial charge in [0.15, 0.2) is 0 Å². The summed E-state index contributed by atoms with van der Waals surface area (Å²) < 4.78 is 0. The standard InChI is InChI=1S/C14H21N3/c1-3-7-13(15)14(10-11-16-17(14)2)12-8-5-4-6-9-12/h4-6,8-9,11,13H,3,7,10,15H2,1-2H3. The molecule has 0 fully saturated rings. The monoisotopic (exact) mass is 231 g/mol. The van der Waals surface area contributed by atoms with Crippen molar-refractivity contribution in [3.8, 4) is 0 Å². The van der Waals surface area contributed by atoms with Crippen LogP contribution in [0.5, 0.6) is 0 Å². The first-order valence-electron chi connectivity index (χ1n) is 6.29. The molecule has 0 aromatic heterocycles. The molecular weight excluding hydrogens is 210 g/mol. The molecule has 2 atom stereocenters. The molecule has 0 radical (unpaired) electrons. The smallest absolute Gasteiger partial charge is 0.102 e. The third-order valence-electron chi connectivity index (χ3n) is 3.72. The van der Waals surface area contributed by atoms with Crippen molar-refractivity contribution < 1.29 is 0 Å². The van der Waals surface area contributed by atoms with Crippen molar-refractivity contribution in [3.63, 3.8) is 0 Å². The van der Waals surface area contributed by atoms with Crippen LogP contribution in [0.1, 0.15) is 31.7 Å². The van der Waals surface area contributed by atoms with E-state index in [9.17, 15) is 0 Å². The van der Waals surface area contributed by atoms with Crippen LogP contribution < -0.4 is 5.73 Å². The molecule has 1 aromatic rings. The molecular formula is C14H21N3. The Balaban J connectivity index is 2.38. The Morgan fingerprint density at radius 3 is 2.65 bits per heavy atom. The maximum atomic E-state index is 6.43. The Bertz CT molecular complexity index is 388. The summed E-state index contributed by atoms with van der Waals surface area (Å²) in [6, 6.07) is 10.6. The molecule has 0 saturated carbocycles. The zero-order chi connectivity index (χ0) is 12.3. The molecule has 2 N–H and O–H groups in total. The Morgan fingerprint density at radius 2 is 2.12 bits per heavy atom. The number of rotatable bonds is 4. The molecule has 0 saturated heterocycles. The number of hydrogen-bond acceptors (Lipinski definition) is 3. The van der Waals surface area contributed by atoms with Gasteiger partial charge in [-0.05, 0) is 12.0 Å². The van der Waals surface area contributed by atoms with Gasteiger partial charge in [0.05, 0.1) is 0 Å². The minimum absolute atomic E-state index is 0.113. The quantitative estimate of drug-likeness (QED) is 0.864. The molecule has 17 heavy (non-hydrogen) atoms. The van der Waals surface area contributed by atoms with Crippen molar-refractivity contribution in [3.05, 3.63) is 35.9 Å². The van der Waals surface area contributed by atoms with Crippen LogP contribution in [-0.2, 0) is 5.54 Å². The lowest BCUT2D eigenvalue weighted by atomic mass is 9.79. The van der Waals surface area contributed by atoms with E-state index in [1.807, 2.05) is 24.3 Å². The Labute approximate surface area is 103 Å². The fourth-order valence-corrected chi connectivity index (χ4v) is 2.72. The predicted octanol–water partition coefficient (Wildman–Crippen LogP) is 2.33. The number of nitrogens with zero attached hydrogens (tertiary/aromatic N) is 2. The zero-order valence-corrected chi connectivity index (χ0v) is 10.6. The van der Waals surface area contributed by atoms with Crippen molar-refractivity contribution in [2.45, 2.75) is 37.8 Å². The van der Waals surface area contributed by atoms with Gasteiger partial charge >= 0.3 is 0 Å². The highest BCUT2D eigenvalue weighted by atomic mass is 15.5. The van der Waals surface area contributed by atoms with Crippen LogP contribution in [0.4, 0.5) is 0 Å². The van der Waals surface area contributed by atoms with E-state index in [2.05, 4.69) is 36.3 Å². The maximum absolute atomic E-state index is 6.43. The minimum Gasteiger partial charge on any atom is -0.325 e. The first-order chi connectivity index (χ1) is 8.21. The first kappa shape index (κ1) is 12.1. The van der Waals surface area contributed by atoms with E-state index in [1.165, 1.54) is 5.56 Å². The maximum Gasteiger partial charge on any atom is 0.102 e. The normalized spacial score (nSPS) is 25.2. The topological polar surface area (TPSA) is 41.6 Å². The van der Waals surface area contributed by atoms with Gasteiger partial charge in [-0.2, -0.15) is 5.10 Å². The van der Waals surface area contributed by atoms with Gasteiger partial charge in [0.25, 0.3) is 0 Å². The molecule has 0 aliphatic carbocycles. The summed E-state index contributed by atoms with van der Waals surface area (Å²) in [6.07, 6.45) is 4.99. The number of benzene rings is 1. The highest BCUT2D eigenvalue weighted by Gasteiger charge is 2.43.